The van der Waals surface area contributed by atoms with Gasteiger partial charge in [-0.1, -0.05) is 6.07 Å². The molecule has 1 amide bonds. The Morgan fingerprint density at radius 1 is 1.09 bits per heavy atom. The van der Waals surface area contributed by atoms with E-state index in [0.717, 1.165) is 36.3 Å². The smallest absolute Gasteiger partial charge is 0.242 e. The van der Waals surface area contributed by atoms with Crippen LogP contribution in [-0.2, 0) is 25.0 Å². The molecule has 2 aromatic rings. The number of fused-ring (bicyclic) bond motifs is 1. The average Bonchev–Trinajstić information content (AvgIpc) is 3.31. The lowest BCUT2D eigenvalue weighted by Gasteiger charge is -2.38. The van der Waals surface area contributed by atoms with Crippen molar-refractivity contribution in [1.29, 1.82) is 0 Å². The highest BCUT2D eigenvalue weighted by molar-refractivity contribution is 7.89. The van der Waals surface area contributed by atoms with Crippen LogP contribution in [0.4, 0.5) is 4.39 Å². The van der Waals surface area contributed by atoms with Crippen molar-refractivity contribution in [3.63, 3.8) is 0 Å². The number of sulfonamides is 1. The minimum absolute atomic E-state index is 0.0195. The molecular weight excluding hydrogens is 463 g/mol. The minimum atomic E-state index is -3.74. The summed E-state index contributed by atoms with van der Waals surface area (Å²) in [6.07, 6.45) is 2.09. The van der Waals surface area contributed by atoms with E-state index in [0.29, 0.717) is 31.9 Å². The number of nitrogens with zero attached hydrogens (tertiary/aromatic N) is 1. The van der Waals surface area contributed by atoms with Crippen molar-refractivity contribution in [2.75, 3.05) is 40.1 Å². The van der Waals surface area contributed by atoms with E-state index in [1.807, 2.05) is 18.2 Å². The van der Waals surface area contributed by atoms with Gasteiger partial charge in [-0.05, 0) is 61.2 Å². The Morgan fingerprint density at radius 2 is 1.79 bits per heavy atom. The first kappa shape index (κ1) is 24.4. The fourth-order valence-corrected chi connectivity index (χ4v) is 5.49. The predicted octanol–water partition coefficient (Wildman–Crippen LogP) is 2.82. The van der Waals surface area contributed by atoms with Gasteiger partial charge in [0.25, 0.3) is 0 Å². The normalized spacial score (nSPS) is 17.0. The zero-order valence-corrected chi connectivity index (χ0v) is 19.9. The fourth-order valence-electron chi connectivity index (χ4n) is 4.28. The van der Waals surface area contributed by atoms with E-state index in [-0.39, 0.29) is 36.0 Å². The van der Waals surface area contributed by atoms with Gasteiger partial charge in [-0.3, -0.25) is 4.79 Å². The summed E-state index contributed by atoms with van der Waals surface area (Å²) in [5.74, 6) is 0.787. The summed E-state index contributed by atoms with van der Waals surface area (Å²) in [7, 11) is -2.28. The van der Waals surface area contributed by atoms with Crippen molar-refractivity contribution in [3.8, 4) is 11.5 Å². The van der Waals surface area contributed by atoms with Gasteiger partial charge in [0.05, 0.1) is 4.90 Å². The maximum absolute atomic E-state index is 13.1. The summed E-state index contributed by atoms with van der Waals surface area (Å²) in [5, 5.41) is 3.03. The molecule has 0 aliphatic carbocycles. The number of halogens is 1. The van der Waals surface area contributed by atoms with Gasteiger partial charge in [-0.2, -0.15) is 0 Å². The molecule has 0 atom stereocenters. The molecule has 0 saturated carbocycles. The van der Waals surface area contributed by atoms with Crippen molar-refractivity contribution in [1.82, 2.24) is 9.62 Å². The van der Waals surface area contributed by atoms with E-state index in [2.05, 4.69) is 5.32 Å². The van der Waals surface area contributed by atoms with Crippen LogP contribution in [-0.4, -0.2) is 58.8 Å². The fraction of sp³-hybridized carbons (Fsp3) is 0.458. The lowest BCUT2D eigenvalue weighted by atomic mass is 9.74. The molecular formula is C24H29FN2O6S. The van der Waals surface area contributed by atoms with Crippen molar-refractivity contribution in [3.05, 3.63) is 53.8 Å². The Kier molecular flexibility index (Phi) is 7.39. The van der Waals surface area contributed by atoms with Gasteiger partial charge in [0, 0.05) is 45.2 Å². The van der Waals surface area contributed by atoms with Gasteiger partial charge in [-0.25, -0.2) is 17.1 Å². The number of ether oxygens (including phenoxy) is 3. The van der Waals surface area contributed by atoms with Crippen LogP contribution in [0.5, 0.6) is 11.5 Å². The van der Waals surface area contributed by atoms with Crippen LogP contribution in [0.25, 0.3) is 0 Å². The van der Waals surface area contributed by atoms with Crippen molar-refractivity contribution < 1.29 is 31.8 Å². The van der Waals surface area contributed by atoms with E-state index in [9.17, 15) is 17.6 Å². The zero-order chi connectivity index (χ0) is 24.2. The average molecular weight is 493 g/mol. The van der Waals surface area contributed by atoms with Crippen LogP contribution in [0.15, 0.2) is 47.4 Å². The number of hydrogen-bond donors (Lipinski definition) is 1. The maximum Gasteiger partial charge on any atom is 0.242 e. The summed E-state index contributed by atoms with van der Waals surface area (Å²) in [6, 6.07) is 10.6. The molecule has 2 aromatic carbocycles. The third-order valence-corrected chi connectivity index (χ3v) is 8.33. The highest BCUT2D eigenvalue weighted by atomic mass is 32.2. The number of carbonyl (C=O) groups is 1. The van der Waals surface area contributed by atoms with Gasteiger partial charge in [-0.15, -0.1) is 0 Å². The van der Waals surface area contributed by atoms with Gasteiger partial charge in [0.15, 0.2) is 11.5 Å². The Morgan fingerprint density at radius 3 is 2.53 bits per heavy atom. The summed E-state index contributed by atoms with van der Waals surface area (Å²) >= 11 is 0. The Bertz CT molecular complexity index is 1120. The van der Waals surface area contributed by atoms with Crippen LogP contribution >= 0.6 is 0 Å². The second-order valence-electron chi connectivity index (χ2n) is 8.62. The number of rotatable bonds is 9. The van der Waals surface area contributed by atoms with E-state index in [1.165, 1.54) is 23.5 Å². The quantitative estimate of drug-likeness (QED) is 0.579. The van der Waals surface area contributed by atoms with Crippen LogP contribution in [0.1, 0.15) is 31.2 Å². The molecule has 34 heavy (non-hydrogen) atoms. The number of amides is 1. The van der Waals surface area contributed by atoms with Gasteiger partial charge in [0.2, 0.25) is 22.7 Å². The van der Waals surface area contributed by atoms with Crippen LogP contribution in [0.3, 0.4) is 0 Å². The lowest BCUT2D eigenvalue weighted by molar-refractivity contribution is -0.121. The first-order valence-corrected chi connectivity index (χ1v) is 12.7. The predicted molar refractivity (Wildman–Crippen MR) is 123 cm³/mol. The molecule has 0 spiro atoms. The van der Waals surface area contributed by atoms with Gasteiger partial charge >= 0.3 is 0 Å². The van der Waals surface area contributed by atoms with Crippen molar-refractivity contribution in [2.45, 2.75) is 36.0 Å². The van der Waals surface area contributed by atoms with Crippen LogP contribution in [0.2, 0.25) is 0 Å². The van der Waals surface area contributed by atoms with Crippen molar-refractivity contribution in [2.24, 2.45) is 0 Å². The molecule has 0 bridgehead atoms. The number of carbonyl (C=O) groups excluding carboxylic acids is 1. The zero-order valence-electron chi connectivity index (χ0n) is 19.1. The molecule has 2 aliphatic rings. The molecule has 0 unspecified atom stereocenters. The molecule has 0 aromatic heterocycles. The third-order valence-electron chi connectivity index (χ3n) is 6.46. The van der Waals surface area contributed by atoms with Crippen LogP contribution in [0, 0.1) is 5.82 Å². The van der Waals surface area contributed by atoms with Gasteiger partial charge < -0.3 is 19.5 Å². The summed E-state index contributed by atoms with van der Waals surface area (Å²) in [5.41, 5.74) is 0.808. The molecule has 8 nitrogen and oxygen atoms in total. The largest absolute Gasteiger partial charge is 0.454 e. The molecule has 4 rings (SSSR count). The Labute approximate surface area is 199 Å². The number of nitrogens with one attached hydrogen (secondary N) is 1. The Balaban J connectivity index is 1.32. The molecule has 184 valence electrons. The summed E-state index contributed by atoms with van der Waals surface area (Å²) in [4.78, 5) is 12.6. The molecule has 2 heterocycles. The van der Waals surface area contributed by atoms with Gasteiger partial charge in [0.1, 0.15) is 5.82 Å². The van der Waals surface area contributed by atoms with Crippen LogP contribution < -0.4 is 14.8 Å². The minimum Gasteiger partial charge on any atom is -0.454 e. The topological polar surface area (TPSA) is 94.2 Å². The monoisotopic (exact) mass is 492 g/mol. The van der Waals surface area contributed by atoms with E-state index < -0.39 is 15.8 Å². The highest BCUT2D eigenvalue weighted by Crippen LogP contribution is 2.40. The summed E-state index contributed by atoms with van der Waals surface area (Å²) < 4.78 is 56.0. The number of hydrogen-bond acceptors (Lipinski definition) is 6. The lowest BCUT2D eigenvalue weighted by Crippen LogP contribution is -2.44. The SMILES string of the molecule is CN(CCCC(=O)NCC1(c2ccc3c(c2)OCO3)CCOCC1)S(=O)(=O)c1ccc(F)cc1. The Hall–Kier alpha value is -2.69. The molecule has 1 saturated heterocycles. The first-order chi connectivity index (χ1) is 16.3. The standard InChI is InChI=1S/C24H29FN2O6S/c1-27(34(29,30)20-7-5-19(25)6-8-20)12-2-3-23(28)26-16-24(10-13-31-14-11-24)18-4-9-21-22(15-18)33-17-32-21/h4-9,15H,2-3,10-14,16-17H2,1H3,(H,26,28). The van der Waals surface area contributed by atoms with E-state index in [4.69, 9.17) is 14.2 Å². The number of benzene rings is 2. The molecule has 0 radical (unpaired) electrons. The molecule has 1 fully saturated rings. The maximum atomic E-state index is 13.1. The highest BCUT2D eigenvalue weighted by Gasteiger charge is 2.36. The second-order valence-corrected chi connectivity index (χ2v) is 10.7. The third kappa shape index (κ3) is 5.34. The molecule has 1 N–H and O–H groups in total. The first-order valence-electron chi connectivity index (χ1n) is 11.3. The molecule has 10 heteroatoms. The molecule has 2 aliphatic heterocycles. The van der Waals surface area contributed by atoms with E-state index in [1.54, 1.807) is 0 Å². The second kappa shape index (κ2) is 10.3. The van der Waals surface area contributed by atoms with Crippen molar-refractivity contribution >= 4 is 15.9 Å². The van der Waals surface area contributed by atoms with E-state index >= 15 is 0 Å². The summed E-state index contributed by atoms with van der Waals surface area (Å²) in [6.45, 7) is 2.05.